The van der Waals surface area contributed by atoms with Gasteiger partial charge in [-0.05, 0) is 61.6 Å². The van der Waals surface area contributed by atoms with Gasteiger partial charge in [-0.3, -0.25) is 19.3 Å². The summed E-state index contributed by atoms with van der Waals surface area (Å²) in [6, 6.07) is 22.8. The fraction of sp³-hybridized carbons (Fsp3) is 0.206. The van der Waals surface area contributed by atoms with E-state index >= 15 is 0 Å². The van der Waals surface area contributed by atoms with Gasteiger partial charge >= 0.3 is 5.97 Å². The number of carbonyl (C=O) groups excluding carboxylic acids is 4. The summed E-state index contributed by atoms with van der Waals surface area (Å²) >= 11 is 3.34. The normalized spacial score (nSPS) is 22.4. The van der Waals surface area contributed by atoms with Crippen LogP contribution in [0.2, 0.25) is 0 Å². The second kappa shape index (κ2) is 10.1. The van der Waals surface area contributed by atoms with E-state index < -0.39 is 12.6 Å². The van der Waals surface area contributed by atoms with Crippen molar-refractivity contribution in [1.82, 2.24) is 4.98 Å². The van der Waals surface area contributed by atoms with Gasteiger partial charge in [0.15, 0.2) is 12.4 Å². The van der Waals surface area contributed by atoms with Gasteiger partial charge in [0.25, 0.3) is 0 Å². The van der Waals surface area contributed by atoms with Gasteiger partial charge < -0.3 is 4.74 Å². The highest BCUT2D eigenvalue weighted by Gasteiger charge is 2.60. The van der Waals surface area contributed by atoms with Gasteiger partial charge in [0.2, 0.25) is 11.8 Å². The van der Waals surface area contributed by atoms with Crippen molar-refractivity contribution in [3.05, 3.63) is 106 Å². The number of Topliss-reactive ketones (excluding diaryl/α,β-unsaturated/α-hetero) is 1. The minimum atomic E-state index is -0.629. The van der Waals surface area contributed by atoms with E-state index in [-0.39, 0.29) is 41.3 Å². The Morgan fingerprint density at radius 1 is 0.952 bits per heavy atom. The number of rotatable bonds is 6. The number of esters is 1. The third-order valence-corrected chi connectivity index (χ3v) is 9.27. The van der Waals surface area contributed by atoms with Crippen molar-refractivity contribution in [3.8, 4) is 11.3 Å². The molecule has 2 aliphatic carbocycles. The molecule has 0 spiro atoms. The number of allylic oxidation sites excluding steroid dienone is 2. The number of nitrogens with zero attached hydrogens (tertiary/aromatic N) is 2. The summed E-state index contributed by atoms with van der Waals surface area (Å²) in [5.74, 6) is -1.41. The van der Waals surface area contributed by atoms with Crippen LogP contribution in [0.3, 0.4) is 0 Å². The third-order valence-electron chi connectivity index (χ3n) is 8.74. The molecular weight excluding hydrogens is 596 g/mol. The number of ketones is 1. The maximum absolute atomic E-state index is 13.4. The molecule has 7 rings (SSSR count). The smallest absolute Gasteiger partial charge is 0.339 e. The molecule has 1 saturated carbocycles. The maximum atomic E-state index is 13.4. The number of ether oxygens (including phenoxy) is 1. The number of amides is 2. The number of imide groups is 1. The van der Waals surface area contributed by atoms with Crippen LogP contribution in [-0.4, -0.2) is 35.2 Å². The Morgan fingerprint density at radius 3 is 2.43 bits per heavy atom. The molecule has 1 saturated heterocycles. The fourth-order valence-electron chi connectivity index (χ4n) is 6.73. The van der Waals surface area contributed by atoms with E-state index in [1.54, 1.807) is 60.7 Å². The number of halogens is 1. The number of fused-ring (bicyclic) bond motifs is 6. The van der Waals surface area contributed by atoms with Crippen LogP contribution in [0.15, 0.2) is 95.0 Å². The van der Waals surface area contributed by atoms with Gasteiger partial charge in [0, 0.05) is 21.0 Å². The van der Waals surface area contributed by atoms with E-state index in [2.05, 4.69) is 28.9 Å². The summed E-state index contributed by atoms with van der Waals surface area (Å²) < 4.78 is 6.28. The lowest BCUT2D eigenvalue weighted by atomic mass is 9.82. The second-order valence-electron chi connectivity index (χ2n) is 11.1. The molecule has 4 unspecified atom stereocenters. The number of hydrogen-bond donors (Lipinski definition) is 0. The molecule has 0 radical (unpaired) electrons. The molecule has 208 valence electrons. The summed E-state index contributed by atoms with van der Waals surface area (Å²) in [6.07, 6.45) is 3.05. The average Bonchev–Trinajstić information content (AvgIpc) is 3.65. The molecule has 3 aliphatic rings. The quantitative estimate of drug-likeness (QED) is 0.107. The van der Waals surface area contributed by atoms with Crippen LogP contribution in [0, 0.1) is 23.7 Å². The van der Waals surface area contributed by atoms with Crippen molar-refractivity contribution in [2.24, 2.45) is 23.7 Å². The van der Waals surface area contributed by atoms with Gasteiger partial charge in [-0.2, -0.15) is 0 Å². The Balaban J connectivity index is 1.14. The Hall–Kier alpha value is -4.43. The first-order chi connectivity index (χ1) is 20.3. The van der Waals surface area contributed by atoms with Gasteiger partial charge in [-0.25, -0.2) is 9.78 Å². The largest absolute Gasteiger partial charge is 0.454 e. The van der Waals surface area contributed by atoms with Crippen LogP contribution in [0.25, 0.3) is 22.2 Å². The summed E-state index contributed by atoms with van der Waals surface area (Å²) in [6.45, 7) is 1.66. The van der Waals surface area contributed by atoms with E-state index in [0.717, 1.165) is 10.9 Å². The summed E-state index contributed by atoms with van der Waals surface area (Å²) in [5.41, 5.74) is 4.33. The van der Waals surface area contributed by atoms with E-state index in [1.807, 2.05) is 18.2 Å². The average molecular weight is 621 g/mol. The predicted molar refractivity (Wildman–Crippen MR) is 161 cm³/mol. The molecule has 4 aromatic rings. The molecular formula is C34H25BrN2O5. The second-order valence-corrected chi connectivity index (χ2v) is 12.0. The highest BCUT2D eigenvalue weighted by atomic mass is 79.9. The zero-order valence-electron chi connectivity index (χ0n) is 22.6. The number of aromatic nitrogens is 1. The number of para-hydroxylation sites is 1. The maximum Gasteiger partial charge on any atom is 0.339 e. The van der Waals surface area contributed by atoms with Crippen LogP contribution >= 0.6 is 15.9 Å². The highest BCUT2D eigenvalue weighted by Crippen LogP contribution is 2.55. The predicted octanol–water partition coefficient (Wildman–Crippen LogP) is 6.41. The Kier molecular flexibility index (Phi) is 6.39. The molecule has 42 heavy (non-hydrogen) atoms. The highest BCUT2D eigenvalue weighted by molar-refractivity contribution is 9.10. The van der Waals surface area contributed by atoms with E-state index in [9.17, 15) is 19.2 Å². The van der Waals surface area contributed by atoms with Crippen molar-refractivity contribution >= 4 is 56.1 Å². The minimum Gasteiger partial charge on any atom is -0.454 e. The minimum absolute atomic E-state index is 0.121. The fourth-order valence-corrected chi connectivity index (χ4v) is 6.99. The number of carbonyl (C=O) groups is 4. The van der Waals surface area contributed by atoms with Crippen LogP contribution in [-0.2, 0) is 14.3 Å². The number of hydrogen-bond acceptors (Lipinski definition) is 6. The van der Waals surface area contributed by atoms with Gasteiger partial charge in [0.1, 0.15) is 0 Å². The lowest BCUT2D eigenvalue weighted by Gasteiger charge is -2.19. The molecule has 2 amide bonds. The Morgan fingerprint density at radius 2 is 1.67 bits per heavy atom. The van der Waals surface area contributed by atoms with E-state index in [0.29, 0.717) is 39.0 Å². The molecule has 2 heterocycles. The lowest BCUT2D eigenvalue weighted by Crippen LogP contribution is -2.32. The standard InChI is InChI=1S/C34H25BrN2O5/c1-18-14-21-15-25(18)31-30(21)32(39)37(33(31)40)23-12-8-19(9-13-23)28-16-26(24-4-2-3-5-27(24)36-28)34(41)42-17-29(38)20-6-10-22(35)11-7-20/h2-14,16,21,25,30-31H,15,17H2,1H3. The molecule has 8 heteroatoms. The zero-order chi connectivity index (χ0) is 29.1. The first-order valence-corrected chi connectivity index (χ1v) is 14.6. The van der Waals surface area contributed by atoms with Crippen molar-refractivity contribution in [2.45, 2.75) is 13.3 Å². The van der Waals surface area contributed by atoms with Crippen LogP contribution < -0.4 is 4.90 Å². The SMILES string of the molecule is CC1=CC2CC1C1C(=O)N(c3ccc(-c4cc(C(=O)OCC(=O)c5ccc(Br)cc5)c5ccccc5n4)cc3)C(=O)C21. The van der Waals surface area contributed by atoms with Crippen LogP contribution in [0.1, 0.15) is 34.1 Å². The van der Waals surface area contributed by atoms with E-state index in [4.69, 9.17) is 9.72 Å². The topological polar surface area (TPSA) is 93.6 Å². The van der Waals surface area contributed by atoms with E-state index in [1.165, 1.54) is 10.5 Å². The summed E-state index contributed by atoms with van der Waals surface area (Å²) in [4.78, 5) is 58.6. The van der Waals surface area contributed by atoms with Crippen LogP contribution in [0.4, 0.5) is 5.69 Å². The number of pyridine rings is 1. The molecule has 0 N–H and O–H groups in total. The van der Waals surface area contributed by atoms with Gasteiger partial charge in [0.05, 0.1) is 34.3 Å². The van der Waals surface area contributed by atoms with Crippen molar-refractivity contribution in [3.63, 3.8) is 0 Å². The number of anilines is 1. The first kappa shape index (κ1) is 26.5. The first-order valence-electron chi connectivity index (χ1n) is 13.8. The molecule has 2 fully saturated rings. The van der Waals surface area contributed by atoms with Crippen molar-refractivity contribution < 1.29 is 23.9 Å². The Labute approximate surface area is 250 Å². The van der Waals surface area contributed by atoms with Crippen LogP contribution in [0.5, 0.6) is 0 Å². The molecule has 7 nitrogen and oxygen atoms in total. The summed E-state index contributed by atoms with van der Waals surface area (Å²) in [5, 5.41) is 0.609. The van der Waals surface area contributed by atoms with Gasteiger partial charge in [-0.1, -0.05) is 70.0 Å². The summed E-state index contributed by atoms with van der Waals surface area (Å²) in [7, 11) is 0. The molecule has 1 aliphatic heterocycles. The van der Waals surface area contributed by atoms with Gasteiger partial charge in [-0.15, -0.1) is 0 Å². The molecule has 2 bridgehead atoms. The zero-order valence-corrected chi connectivity index (χ0v) is 24.2. The number of benzene rings is 3. The lowest BCUT2D eigenvalue weighted by molar-refractivity contribution is -0.123. The Bertz CT molecular complexity index is 1830. The van der Waals surface area contributed by atoms with Crippen molar-refractivity contribution in [1.29, 1.82) is 0 Å². The van der Waals surface area contributed by atoms with Crippen molar-refractivity contribution in [2.75, 3.05) is 11.5 Å². The molecule has 4 atom stereocenters. The molecule has 1 aromatic heterocycles. The molecule has 3 aromatic carbocycles. The monoisotopic (exact) mass is 620 g/mol. The third kappa shape index (κ3) is 4.29.